The Labute approximate surface area is 295 Å². The topological polar surface area (TPSA) is 192 Å². The molecule has 0 spiro atoms. The number of hydrogen-bond donors (Lipinski definition) is 6. The monoisotopic (exact) mass is 708 g/mol. The van der Waals surface area contributed by atoms with Crippen LogP contribution in [-0.4, -0.2) is 105 Å². The lowest BCUT2D eigenvalue weighted by molar-refractivity contribution is -0.369. The molecule has 12 nitrogen and oxygen atoms in total. The molecule has 17 atom stereocenters. The highest BCUT2D eigenvalue weighted by Gasteiger charge is 2.74. The van der Waals surface area contributed by atoms with Crippen LogP contribution in [0.25, 0.3) is 0 Å². The van der Waals surface area contributed by atoms with E-state index in [0.29, 0.717) is 18.8 Å². The number of fused-ring (bicyclic) bond motifs is 3. The third kappa shape index (κ3) is 5.13. The Balaban J connectivity index is 1.42. The fourth-order valence-electron chi connectivity index (χ4n) is 12.5. The molecule has 0 radical (unpaired) electrons. The predicted molar refractivity (Wildman–Crippen MR) is 179 cm³/mol. The minimum absolute atomic E-state index is 0.0419. The molecular formula is C38H60O12. The zero-order valence-corrected chi connectivity index (χ0v) is 30.9. The van der Waals surface area contributed by atoms with Crippen LogP contribution in [0.2, 0.25) is 0 Å². The normalized spacial score (nSPS) is 52.2. The van der Waals surface area contributed by atoms with E-state index in [9.17, 15) is 40.2 Å². The van der Waals surface area contributed by atoms with Crippen molar-refractivity contribution in [2.45, 2.75) is 143 Å². The summed E-state index contributed by atoms with van der Waals surface area (Å²) in [6.07, 6.45) is -4.59. The molecule has 50 heavy (non-hydrogen) atoms. The number of aliphatic hydroxyl groups is 5. The van der Waals surface area contributed by atoms with Crippen molar-refractivity contribution in [1.82, 2.24) is 0 Å². The van der Waals surface area contributed by atoms with Gasteiger partial charge in [0.15, 0.2) is 12.6 Å². The summed E-state index contributed by atoms with van der Waals surface area (Å²) >= 11 is 0. The molecule has 0 aromatic rings. The smallest absolute Gasteiger partial charge is 0.307 e. The summed E-state index contributed by atoms with van der Waals surface area (Å²) in [7, 11) is 0. The molecule has 2 saturated heterocycles. The van der Waals surface area contributed by atoms with E-state index in [2.05, 4.69) is 47.6 Å². The van der Waals surface area contributed by atoms with E-state index in [4.69, 9.17) is 18.9 Å². The summed E-state index contributed by atoms with van der Waals surface area (Å²) in [6.45, 7) is 15.8. The fourth-order valence-corrected chi connectivity index (χ4v) is 12.5. The number of ether oxygens (including phenoxy) is 4. The van der Waals surface area contributed by atoms with Crippen LogP contribution in [0.3, 0.4) is 0 Å². The van der Waals surface area contributed by atoms with Crippen LogP contribution in [-0.2, 0) is 28.5 Å². The molecule has 6 aliphatic rings. The summed E-state index contributed by atoms with van der Waals surface area (Å²) in [5.41, 5.74) is -2.15. The third-order valence-electron chi connectivity index (χ3n) is 15.6. The number of aliphatic hydroxyl groups excluding tert-OH is 5. The number of allylic oxidation sites excluding steroid dienone is 1. The standard InChI is InChI=1S/C38H60O12/c1-18(2)19(3)34(5)13-14-36(7)21-9-10-25-35(6)17-47-33(46)38(25,22(21)11-12-37(36,8)29(34)31(44)45)15-23(48-20(4)40)30(35)50-32-28(43)27(42)26(41)24(16-39)49-32/h11,18-19,21,23-30,32-33,39,41-43,46H,9-10,12-17H2,1-8H3,(H,44,45)/t19?,21?,23-,24-,25?,26-,27+,28-,29-,30+,32+,33?,34-,35?,36-,37+,38+/m1/s1. The van der Waals surface area contributed by atoms with Gasteiger partial charge >= 0.3 is 11.9 Å². The van der Waals surface area contributed by atoms with Crippen molar-refractivity contribution < 1.29 is 59.2 Å². The number of carbonyl (C=O) groups excluding carboxylic acids is 1. The van der Waals surface area contributed by atoms with E-state index in [1.165, 1.54) is 6.92 Å². The first-order valence-corrected chi connectivity index (χ1v) is 18.6. The maximum Gasteiger partial charge on any atom is 0.307 e. The Morgan fingerprint density at radius 3 is 2.26 bits per heavy atom. The lowest BCUT2D eigenvalue weighted by atomic mass is 9.34. The van der Waals surface area contributed by atoms with E-state index in [1.807, 2.05) is 6.92 Å². The van der Waals surface area contributed by atoms with Gasteiger partial charge in [0.2, 0.25) is 0 Å². The Bertz CT molecular complexity index is 1370. The second kappa shape index (κ2) is 12.7. The number of carboxylic acids is 1. The Kier molecular flexibility index (Phi) is 9.71. The van der Waals surface area contributed by atoms with Gasteiger partial charge in [-0.25, -0.2) is 0 Å². The molecule has 2 bridgehead atoms. The average molecular weight is 709 g/mol. The van der Waals surface area contributed by atoms with E-state index < -0.39 is 101 Å². The Morgan fingerprint density at radius 2 is 1.66 bits per heavy atom. The third-order valence-corrected chi connectivity index (χ3v) is 15.6. The number of esters is 1. The first-order valence-electron chi connectivity index (χ1n) is 18.6. The highest BCUT2D eigenvalue weighted by atomic mass is 16.7. The van der Waals surface area contributed by atoms with Crippen molar-refractivity contribution in [2.24, 2.45) is 56.7 Å². The predicted octanol–water partition coefficient (Wildman–Crippen LogP) is 3.01. The molecule has 284 valence electrons. The van der Waals surface area contributed by atoms with Crippen LogP contribution in [0.15, 0.2) is 11.6 Å². The van der Waals surface area contributed by atoms with E-state index in [-0.39, 0.29) is 30.8 Å². The number of rotatable bonds is 7. The summed E-state index contributed by atoms with van der Waals surface area (Å²) in [4.78, 5) is 26.1. The highest BCUT2D eigenvalue weighted by molar-refractivity contribution is 5.73. The zero-order valence-electron chi connectivity index (χ0n) is 30.9. The molecular weight excluding hydrogens is 648 g/mol. The average Bonchev–Trinajstić information content (AvgIpc) is 3.04. The minimum Gasteiger partial charge on any atom is -0.481 e. The second-order valence-corrected chi connectivity index (χ2v) is 18.0. The minimum atomic E-state index is -1.65. The molecule has 5 unspecified atom stereocenters. The molecule has 0 aromatic carbocycles. The molecule has 12 heteroatoms. The highest BCUT2D eigenvalue weighted by Crippen LogP contribution is 2.75. The molecule has 6 N–H and O–H groups in total. The Morgan fingerprint density at radius 1 is 0.980 bits per heavy atom. The molecule has 0 amide bonds. The quantitative estimate of drug-likeness (QED) is 0.129. The number of hydrogen-bond acceptors (Lipinski definition) is 11. The van der Waals surface area contributed by atoms with E-state index in [0.717, 1.165) is 24.8 Å². The van der Waals surface area contributed by atoms with Crippen LogP contribution in [0.4, 0.5) is 0 Å². The van der Waals surface area contributed by atoms with Crippen LogP contribution in [0.5, 0.6) is 0 Å². The maximum absolute atomic E-state index is 13.4. The molecule has 2 aliphatic heterocycles. The van der Waals surface area contributed by atoms with Crippen molar-refractivity contribution in [3.8, 4) is 0 Å². The van der Waals surface area contributed by atoms with Gasteiger partial charge < -0.3 is 49.6 Å². The second-order valence-electron chi connectivity index (χ2n) is 18.0. The van der Waals surface area contributed by atoms with Crippen molar-refractivity contribution in [3.63, 3.8) is 0 Å². The van der Waals surface area contributed by atoms with Crippen molar-refractivity contribution >= 4 is 11.9 Å². The van der Waals surface area contributed by atoms with Crippen molar-refractivity contribution in [3.05, 3.63) is 11.6 Å². The van der Waals surface area contributed by atoms with Crippen LogP contribution in [0.1, 0.15) is 93.9 Å². The summed E-state index contributed by atoms with van der Waals surface area (Å²) in [5, 5.41) is 64.6. The first-order chi connectivity index (χ1) is 23.2. The van der Waals surface area contributed by atoms with Crippen molar-refractivity contribution in [2.75, 3.05) is 13.2 Å². The van der Waals surface area contributed by atoms with E-state index >= 15 is 0 Å². The summed E-state index contributed by atoms with van der Waals surface area (Å²) < 4.78 is 24.5. The van der Waals surface area contributed by atoms with Gasteiger partial charge in [-0.3, -0.25) is 9.59 Å². The van der Waals surface area contributed by atoms with Gasteiger partial charge in [0.25, 0.3) is 0 Å². The number of carbonyl (C=O) groups is 2. The zero-order chi connectivity index (χ0) is 36.9. The van der Waals surface area contributed by atoms with Gasteiger partial charge in [0.05, 0.1) is 19.1 Å². The summed E-state index contributed by atoms with van der Waals surface area (Å²) in [5.74, 6) is -1.61. The van der Waals surface area contributed by atoms with Crippen LogP contribution < -0.4 is 0 Å². The molecule has 4 aliphatic carbocycles. The lowest BCUT2D eigenvalue weighted by Crippen LogP contribution is -2.73. The molecule has 3 saturated carbocycles. The number of carboxylic acid groups (broad SMARTS) is 1. The van der Waals surface area contributed by atoms with Gasteiger partial charge in [-0.05, 0) is 72.0 Å². The summed E-state index contributed by atoms with van der Waals surface area (Å²) in [6, 6.07) is 0. The molecule has 2 heterocycles. The lowest BCUT2D eigenvalue weighted by Gasteiger charge is -2.71. The largest absolute Gasteiger partial charge is 0.481 e. The van der Waals surface area contributed by atoms with E-state index in [1.54, 1.807) is 0 Å². The maximum atomic E-state index is 13.4. The van der Waals surface area contributed by atoms with Gasteiger partial charge in [0, 0.05) is 24.2 Å². The van der Waals surface area contributed by atoms with Gasteiger partial charge in [-0.2, -0.15) is 0 Å². The van der Waals surface area contributed by atoms with Crippen molar-refractivity contribution in [1.29, 1.82) is 0 Å². The van der Waals surface area contributed by atoms with Gasteiger partial charge in [0.1, 0.15) is 36.6 Å². The van der Waals surface area contributed by atoms with Gasteiger partial charge in [-0.15, -0.1) is 0 Å². The first kappa shape index (κ1) is 38.1. The Hall–Kier alpha value is -1.64. The molecule has 6 rings (SSSR count). The van der Waals surface area contributed by atoms with Crippen LogP contribution in [0, 0.1) is 56.7 Å². The fraction of sp³-hybridized carbons (Fsp3) is 0.895. The SMILES string of the molecule is CC(=O)O[C@@H]1C[C@]23C4=CC[C@@]5(C)[C@H](C(=O)O)[C@@](C)(C(C)C(C)C)CC[C@]5(C)C4CCC2C(C)(COC3O)[C@H]1O[C@@H]1O[C@H](CO)[C@@H](O)[C@H](O)[C@H]1O. The molecule has 5 fully saturated rings. The molecule has 0 aromatic heterocycles. The number of aliphatic carboxylic acids is 1. The van der Waals surface area contributed by atoms with Crippen LogP contribution >= 0.6 is 0 Å². The van der Waals surface area contributed by atoms with Gasteiger partial charge in [-0.1, -0.05) is 60.1 Å².